The number of carbonyl (C=O) groups excluding carboxylic acids is 2. The molecule has 0 saturated carbocycles. The summed E-state index contributed by atoms with van der Waals surface area (Å²) in [5.74, 6) is 0.844. The van der Waals surface area contributed by atoms with Crippen molar-refractivity contribution in [3.05, 3.63) is 58.6 Å². The molecule has 9 heteroatoms. The molecule has 33 heavy (non-hydrogen) atoms. The lowest BCUT2D eigenvalue weighted by molar-refractivity contribution is -0.121. The van der Waals surface area contributed by atoms with Gasteiger partial charge < -0.3 is 24.8 Å². The molecule has 0 spiro atoms. The highest BCUT2D eigenvalue weighted by Crippen LogP contribution is 2.39. The summed E-state index contributed by atoms with van der Waals surface area (Å²) in [5, 5.41) is 15.8. The first-order valence-corrected chi connectivity index (χ1v) is 11.3. The number of hydrogen-bond acceptors (Lipinski definition) is 7. The minimum absolute atomic E-state index is 0.0251. The van der Waals surface area contributed by atoms with Crippen LogP contribution in [0.5, 0.6) is 17.2 Å². The van der Waals surface area contributed by atoms with Crippen LogP contribution in [-0.2, 0) is 9.59 Å². The highest BCUT2D eigenvalue weighted by molar-refractivity contribution is 8.03. The van der Waals surface area contributed by atoms with Gasteiger partial charge in [-0.05, 0) is 36.8 Å². The fraction of sp³-hybridized carbons (Fsp3) is 0.292. The number of rotatable bonds is 9. The van der Waals surface area contributed by atoms with Gasteiger partial charge in [-0.1, -0.05) is 23.9 Å². The summed E-state index contributed by atoms with van der Waals surface area (Å²) in [7, 11) is 3.09. The van der Waals surface area contributed by atoms with Crippen molar-refractivity contribution in [2.75, 3.05) is 31.9 Å². The highest BCUT2D eigenvalue weighted by Gasteiger charge is 2.30. The predicted molar refractivity (Wildman–Crippen MR) is 126 cm³/mol. The molecule has 1 aliphatic heterocycles. The number of thioether (sulfide) groups is 1. The monoisotopic (exact) mass is 467 g/mol. The molecule has 2 aromatic carbocycles. The van der Waals surface area contributed by atoms with E-state index in [1.807, 2.05) is 13.0 Å². The van der Waals surface area contributed by atoms with Crippen molar-refractivity contribution in [1.82, 2.24) is 5.32 Å². The van der Waals surface area contributed by atoms with Crippen molar-refractivity contribution < 1.29 is 23.8 Å². The number of carbonyl (C=O) groups is 2. The summed E-state index contributed by atoms with van der Waals surface area (Å²) >= 11 is 1.12. The Kier molecular flexibility index (Phi) is 8.22. The van der Waals surface area contributed by atoms with E-state index in [1.54, 1.807) is 50.6 Å². The van der Waals surface area contributed by atoms with Crippen molar-refractivity contribution in [2.24, 2.45) is 0 Å². The van der Waals surface area contributed by atoms with Crippen LogP contribution in [0.25, 0.3) is 0 Å². The smallest absolute Gasteiger partial charge is 0.234 e. The van der Waals surface area contributed by atoms with Crippen LogP contribution in [-0.4, -0.2) is 38.4 Å². The van der Waals surface area contributed by atoms with E-state index in [1.165, 1.54) is 0 Å². The molecule has 8 nitrogen and oxygen atoms in total. The van der Waals surface area contributed by atoms with E-state index in [0.717, 1.165) is 17.3 Å². The molecule has 2 amide bonds. The fourth-order valence-electron chi connectivity index (χ4n) is 3.43. The molecule has 3 rings (SSSR count). The molecular formula is C24H25N3O5S. The lowest BCUT2D eigenvalue weighted by atomic mass is 9.87. The Morgan fingerprint density at radius 2 is 2.03 bits per heavy atom. The van der Waals surface area contributed by atoms with Crippen LogP contribution in [0.1, 0.15) is 24.8 Å². The van der Waals surface area contributed by atoms with E-state index in [0.29, 0.717) is 40.1 Å². The molecular weight excluding hydrogens is 442 g/mol. The van der Waals surface area contributed by atoms with Crippen LogP contribution in [0.15, 0.2) is 53.1 Å². The van der Waals surface area contributed by atoms with Gasteiger partial charge in [0.05, 0.1) is 43.3 Å². The average molecular weight is 468 g/mol. The first-order chi connectivity index (χ1) is 16.0. The second kappa shape index (κ2) is 11.3. The van der Waals surface area contributed by atoms with E-state index in [-0.39, 0.29) is 24.0 Å². The highest BCUT2D eigenvalue weighted by atomic mass is 32.2. The Balaban J connectivity index is 1.78. The summed E-state index contributed by atoms with van der Waals surface area (Å²) < 4.78 is 16.1. The maximum atomic E-state index is 12.4. The average Bonchev–Trinajstić information content (AvgIpc) is 2.83. The van der Waals surface area contributed by atoms with Crippen LogP contribution < -0.4 is 24.8 Å². The Morgan fingerprint density at radius 1 is 1.21 bits per heavy atom. The lowest BCUT2D eigenvalue weighted by Crippen LogP contribution is -2.31. The van der Waals surface area contributed by atoms with Crippen LogP contribution in [0.4, 0.5) is 5.69 Å². The summed E-state index contributed by atoms with van der Waals surface area (Å²) in [6.45, 7) is 2.37. The molecule has 2 aromatic rings. The SMILES string of the molecule is CCOc1ccc([C@H]2CC(=O)NC(SCC(=O)Nc3cccc(OC)c3)=C2C#N)cc1OC. The maximum absolute atomic E-state index is 12.4. The number of nitriles is 1. The molecule has 0 saturated heterocycles. The summed E-state index contributed by atoms with van der Waals surface area (Å²) in [6.07, 6.45) is 0.125. The molecule has 1 atom stereocenters. The number of allylic oxidation sites excluding steroid dienone is 1. The fourth-order valence-corrected chi connectivity index (χ4v) is 4.31. The van der Waals surface area contributed by atoms with Crippen molar-refractivity contribution in [2.45, 2.75) is 19.3 Å². The van der Waals surface area contributed by atoms with E-state index in [9.17, 15) is 14.9 Å². The number of ether oxygens (including phenoxy) is 3. The molecule has 0 radical (unpaired) electrons. The zero-order valence-corrected chi connectivity index (χ0v) is 19.5. The third-order valence-electron chi connectivity index (χ3n) is 4.95. The lowest BCUT2D eigenvalue weighted by Gasteiger charge is -2.25. The second-order valence-electron chi connectivity index (χ2n) is 7.07. The normalized spacial score (nSPS) is 15.3. The first-order valence-electron chi connectivity index (χ1n) is 10.3. The van der Waals surface area contributed by atoms with Gasteiger partial charge in [0.2, 0.25) is 11.8 Å². The van der Waals surface area contributed by atoms with Crippen molar-refractivity contribution in [1.29, 1.82) is 5.26 Å². The zero-order chi connectivity index (χ0) is 23.8. The molecule has 0 unspecified atom stereocenters. The topological polar surface area (TPSA) is 110 Å². The molecule has 0 aliphatic carbocycles. The van der Waals surface area contributed by atoms with Gasteiger partial charge in [0, 0.05) is 24.1 Å². The standard InChI is InChI=1S/C24H25N3O5S/c1-4-32-20-9-8-15(10-21(20)31-3)18-12-22(28)27-24(19(18)13-25)33-14-23(29)26-16-6-5-7-17(11-16)30-2/h5-11,18H,4,12,14H2,1-3H3,(H,26,29)(H,27,28)/t18-/m1/s1. The second-order valence-corrected chi connectivity index (χ2v) is 8.06. The summed E-state index contributed by atoms with van der Waals surface area (Å²) in [4.78, 5) is 24.9. The minimum Gasteiger partial charge on any atom is -0.497 e. The molecule has 2 N–H and O–H groups in total. The largest absolute Gasteiger partial charge is 0.497 e. The van der Waals surface area contributed by atoms with Crippen molar-refractivity contribution in [3.63, 3.8) is 0 Å². The maximum Gasteiger partial charge on any atom is 0.234 e. The quantitative estimate of drug-likeness (QED) is 0.577. The van der Waals surface area contributed by atoms with E-state index in [2.05, 4.69) is 16.7 Å². The zero-order valence-electron chi connectivity index (χ0n) is 18.6. The van der Waals surface area contributed by atoms with Crippen LogP contribution in [0, 0.1) is 11.3 Å². The molecule has 0 bridgehead atoms. The Bertz CT molecular complexity index is 1110. The van der Waals surface area contributed by atoms with E-state index < -0.39 is 5.92 Å². The van der Waals surface area contributed by atoms with Gasteiger partial charge >= 0.3 is 0 Å². The van der Waals surface area contributed by atoms with Gasteiger partial charge in [-0.15, -0.1) is 0 Å². The van der Waals surface area contributed by atoms with Crippen LogP contribution in [0.3, 0.4) is 0 Å². The Morgan fingerprint density at radius 3 is 2.73 bits per heavy atom. The van der Waals surface area contributed by atoms with Crippen LogP contribution in [0.2, 0.25) is 0 Å². The predicted octanol–water partition coefficient (Wildman–Crippen LogP) is 3.81. The van der Waals surface area contributed by atoms with E-state index in [4.69, 9.17) is 14.2 Å². The summed E-state index contributed by atoms with van der Waals surface area (Å²) in [6, 6.07) is 14.6. The molecule has 0 aromatic heterocycles. The molecule has 1 aliphatic rings. The third-order valence-corrected chi connectivity index (χ3v) is 5.96. The number of nitrogens with zero attached hydrogens (tertiary/aromatic N) is 1. The molecule has 1 heterocycles. The number of benzene rings is 2. The molecule has 172 valence electrons. The van der Waals surface area contributed by atoms with Crippen molar-refractivity contribution in [3.8, 4) is 23.3 Å². The Hall–Kier alpha value is -3.64. The van der Waals surface area contributed by atoms with Gasteiger partial charge in [-0.25, -0.2) is 0 Å². The van der Waals surface area contributed by atoms with Crippen LogP contribution >= 0.6 is 11.8 Å². The number of nitrogens with one attached hydrogen (secondary N) is 2. The van der Waals surface area contributed by atoms with E-state index >= 15 is 0 Å². The number of methoxy groups -OCH3 is 2. The number of amides is 2. The molecule has 0 fully saturated rings. The van der Waals surface area contributed by atoms with Gasteiger partial charge in [0.1, 0.15) is 5.75 Å². The number of hydrogen-bond donors (Lipinski definition) is 2. The first kappa shape index (κ1) is 24.0. The number of anilines is 1. The summed E-state index contributed by atoms with van der Waals surface area (Å²) in [5.41, 5.74) is 1.77. The van der Waals surface area contributed by atoms with Gasteiger partial charge in [-0.2, -0.15) is 5.26 Å². The van der Waals surface area contributed by atoms with Gasteiger partial charge in [-0.3, -0.25) is 9.59 Å². The van der Waals surface area contributed by atoms with Gasteiger partial charge in [0.15, 0.2) is 11.5 Å². The third kappa shape index (κ3) is 5.99. The van der Waals surface area contributed by atoms with Gasteiger partial charge in [0.25, 0.3) is 0 Å². The Labute approximate surface area is 196 Å². The minimum atomic E-state index is -0.447. The van der Waals surface area contributed by atoms with Crippen molar-refractivity contribution >= 4 is 29.3 Å².